The van der Waals surface area contributed by atoms with Crippen molar-refractivity contribution in [2.24, 2.45) is 5.92 Å². The normalized spacial score (nSPS) is 24.6. The monoisotopic (exact) mass is 396 g/mol. The Morgan fingerprint density at radius 2 is 1.89 bits per heavy atom. The first-order valence-electron chi connectivity index (χ1n) is 9.02. The van der Waals surface area contributed by atoms with Crippen LogP contribution in [0.15, 0.2) is 29.2 Å². The minimum absolute atomic E-state index is 0.0347. The molecular weight excluding hydrogens is 372 g/mol. The number of ether oxygens (including phenoxy) is 1. The molecule has 0 saturated carbocycles. The minimum Gasteiger partial charge on any atom is -0.480 e. The van der Waals surface area contributed by atoms with Crippen molar-refractivity contribution < 1.29 is 27.9 Å². The van der Waals surface area contributed by atoms with Crippen LogP contribution in [0.2, 0.25) is 0 Å². The van der Waals surface area contributed by atoms with Gasteiger partial charge in [-0.15, -0.1) is 0 Å². The number of carboxylic acids is 1. The Bertz CT molecular complexity index is 819. The van der Waals surface area contributed by atoms with Gasteiger partial charge in [0.25, 0.3) is 5.91 Å². The lowest BCUT2D eigenvalue weighted by Gasteiger charge is -2.36. The molecule has 1 N–H and O–H groups in total. The topological polar surface area (TPSA) is 104 Å². The number of morpholine rings is 1. The standard InChI is InChI=1S/C18H24N2O6S/c1-13-5-6-20(16(11-13)18(22)23)17(21)14-3-2-4-15(12-14)27(24,25)19-7-9-26-10-8-19/h2-4,12-13,16H,5-11H2,1H3,(H,22,23). The highest BCUT2D eigenvalue weighted by Gasteiger charge is 2.35. The average Bonchev–Trinajstić information content (AvgIpc) is 2.68. The molecule has 8 nitrogen and oxygen atoms in total. The van der Waals surface area contributed by atoms with Crippen molar-refractivity contribution in [3.8, 4) is 0 Å². The molecule has 9 heteroatoms. The number of likely N-dealkylation sites (tertiary alicyclic amines) is 1. The van der Waals surface area contributed by atoms with E-state index in [1.54, 1.807) is 0 Å². The predicted molar refractivity (Wildman–Crippen MR) is 96.9 cm³/mol. The number of sulfonamides is 1. The number of carbonyl (C=O) groups excluding carboxylic acids is 1. The zero-order valence-corrected chi connectivity index (χ0v) is 16.0. The van der Waals surface area contributed by atoms with E-state index in [-0.39, 0.29) is 29.5 Å². The van der Waals surface area contributed by atoms with Crippen LogP contribution in [0.3, 0.4) is 0 Å². The molecule has 0 aliphatic carbocycles. The van der Waals surface area contributed by atoms with Crippen LogP contribution >= 0.6 is 0 Å². The molecule has 1 amide bonds. The summed E-state index contributed by atoms with van der Waals surface area (Å²) in [5, 5.41) is 9.47. The van der Waals surface area contributed by atoms with E-state index in [0.717, 1.165) is 6.42 Å². The quantitative estimate of drug-likeness (QED) is 0.815. The molecule has 0 spiro atoms. The minimum atomic E-state index is -3.72. The second-order valence-corrected chi connectivity index (χ2v) is 8.96. The van der Waals surface area contributed by atoms with Crippen LogP contribution in [0.4, 0.5) is 0 Å². The zero-order chi connectivity index (χ0) is 19.6. The van der Waals surface area contributed by atoms with E-state index in [0.29, 0.717) is 26.2 Å². The molecule has 2 aliphatic rings. The van der Waals surface area contributed by atoms with Crippen LogP contribution in [-0.4, -0.2) is 73.5 Å². The van der Waals surface area contributed by atoms with Gasteiger partial charge in [-0.1, -0.05) is 13.0 Å². The maximum absolute atomic E-state index is 12.9. The van der Waals surface area contributed by atoms with Gasteiger partial charge >= 0.3 is 5.97 Å². The number of aliphatic carboxylic acids is 1. The van der Waals surface area contributed by atoms with Crippen LogP contribution in [0.1, 0.15) is 30.1 Å². The van der Waals surface area contributed by atoms with Crippen molar-refractivity contribution in [2.45, 2.75) is 30.7 Å². The molecule has 2 aliphatic heterocycles. The fraction of sp³-hybridized carbons (Fsp3) is 0.556. The van der Waals surface area contributed by atoms with E-state index in [2.05, 4.69) is 0 Å². The number of piperidine rings is 1. The van der Waals surface area contributed by atoms with Gasteiger partial charge < -0.3 is 14.7 Å². The summed E-state index contributed by atoms with van der Waals surface area (Å²) in [5.74, 6) is -1.26. The molecular formula is C18H24N2O6S. The molecule has 3 rings (SSSR count). The van der Waals surface area contributed by atoms with E-state index in [9.17, 15) is 23.1 Å². The lowest BCUT2D eigenvalue weighted by molar-refractivity contribution is -0.144. The summed E-state index contributed by atoms with van der Waals surface area (Å²) >= 11 is 0. The number of benzene rings is 1. The first-order chi connectivity index (χ1) is 12.8. The van der Waals surface area contributed by atoms with E-state index >= 15 is 0 Å². The highest BCUT2D eigenvalue weighted by Crippen LogP contribution is 2.26. The predicted octanol–water partition coefficient (Wildman–Crippen LogP) is 1.03. The number of amides is 1. The summed E-state index contributed by atoms with van der Waals surface area (Å²) < 4.78 is 32.1. The number of carboxylic acid groups (broad SMARTS) is 1. The average molecular weight is 396 g/mol. The lowest BCUT2D eigenvalue weighted by Crippen LogP contribution is -2.49. The molecule has 2 heterocycles. The van der Waals surface area contributed by atoms with Gasteiger partial charge in [-0.3, -0.25) is 4.79 Å². The summed E-state index contributed by atoms with van der Waals surface area (Å²) in [6.07, 6.45) is 1.12. The molecule has 2 saturated heterocycles. The van der Waals surface area contributed by atoms with Gasteiger partial charge in [0.1, 0.15) is 6.04 Å². The molecule has 2 unspecified atom stereocenters. The Morgan fingerprint density at radius 3 is 2.56 bits per heavy atom. The second-order valence-electron chi connectivity index (χ2n) is 7.03. The number of nitrogens with zero attached hydrogens (tertiary/aromatic N) is 2. The van der Waals surface area contributed by atoms with Gasteiger partial charge in [0, 0.05) is 25.2 Å². The van der Waals surface area contributed by atoms with Crippen molar-refractivity contribution in [2.75, 3.05) is 32.8 Å². The van der Waals surface area contributed by atoms with Crippen LogP contribution in [0.5, 0.6) is 0 Å². The number of hydrogen-bond donors (Lipinski definition) is 1. The summed E-state index contributed by atoms with van der Waals surface area (Å²) in [7, 11) is -3.72. The first kappa shape index (κ1) is 19.8. The van der Waals surface area contributed by atoms with Crippen molar-refractivity contribution in [1.29, 1.82) is 0 Å². The summed E-state index contributed by atoms with van der Waals surface area (Å²) in [5.41, 5.74) is 0.185. The highest BCUT2D eigenvalue weighted by molar-refractivity contribution is 7.89. The molecule has 2 fully saturated rings. The largest absolute Gasteiger partial charge is 0.480 e. The van der Waals surface area contributed by atoms with E-state index in [1.807, 2.05) is 6.92 Å². The molecule has 27 heavy (non-hydrogen) atoms. The third-order valence-corrected chi connectivity index (χ3v) is 6.99. The zero-order valence-electron chi connectivity index (χ0n) is 15.2. The van der Waals surface area contributed by atoms with Crippen molar-refractivity contribution >= 4 is 21.9 Å². The third-order valence-electron chi connectivity index (χ3n) is 5.10. The van der Waals surface area contributed by atoms with E-state index in [1.165, 1.54) is 33.5 Å². The van der Waals surface area contributed by atoms with Gasteiger partial charge in [-0.25, -0.2) is 13.2 Å². The van der Waals surface area contributed by atoms with E-state index in [4.69, 9.17) is 4.74 Å². The van der Waals surface area contributed by atoms with Gasteiger partial charge in [0.05, 0.1) is 18.1 Å². The molecule has 0 radical (unpaired) electrons. The molecule has 2 atom stereocenters. The van der Waals surface area contributed by atoms with Crippen LogP contribution in [0.25, 0.3) is 0 Å². The Hall–Kier alpha value is -1.97. The van der Waals surface area contributed by atoms with Crippen LogP contribution in [-0.2, 0) is 19.6 Å². The Balaban J connectivity index is 1.86. The van der Waals surface area contributed by atoms with Crippen LogP contribution < -0.4 is 0 Å². The second kappa shape index (κ2) is 7.95. The molecule has 0 aromatic heterocycles. The van der Waals surface area contributed by atoms with Gasteiger partial charge in [0.2, 0.25) is 10.0 Å². The number of rotatable bonds is 4. The van der Waals surface area contributed by atoms with Crippen molar-refractivity contribution in [3.05, 3.63) is 29.8 Å². The third kappa shape index (κ3) is 4.15. The SMILES string of the molecule is CC1CCN(C(=O)c2cccc(S(=O)(=O)N3CCOCC3)c2)C(C(=O)O)C1. The van der Waals surface area contributed by atoms with Gasteiger partial charge in [0.15, 0.2) is 0 Å². The number of carbonyl (C=O) groups is 2. The van der Waals surface area contributed by atoms with Crippen LogP contribution in [0, 0.1) is 5.92 Å². The summed E-state index contributed by atoms with van der Waals surface area (Å²) in [6.45, 7) is 3.52. The number of hydrogen-bond acceptors (Lipinski definition) is 5. The van der Waals surface area contributed by atoms with Gasteiger partial charge in [-0.2, -0.15) is 4.31 Å². The smallest absolute Gasteiger partial charge is 0.326 e. The van der Waals surface area contributed by atoms with E-state index < -0.39 is 27.9 Å². The molecule has 1 aromatic carbocycles. The molecule has 0 bridgehead atoms. The van der Waals surface area contributed by atoms with Gasteiger partial charge in [-0.05, 0) is 37.0 Å². The maximum atomic E-state index is 12.9. The molecule has 1 aromatic rings. The summed E-state index contributed by atoms with van der Waals surface area (Å²) in [6, 6.07) is 4.94. The first-order valence-corrected chi connectivity index (χ1v) is 10.5. The summed E-state index contributed by atoms with van der Waals surface area (Å²) in [4.78, 5) is 25.9. The Labute approximate surface area is 158 Å². The highest BCUT2D eigenvalue weighted by atomic mass is 32.2. The van der Waals surface area contributed by atoms with Crippen molar-refractivity contribution in [1.82, 2.24) is 9.21 Å². The fourth-order valence-electron chi connectivity index (χ4n) is 3.51. The maximum Gasteiger partial charge on any atom is 0.326 e. The fourth-order valence-corrected chi connectivity index (χ4v) is 4.96. The lowest BCUT2D eigenvalue weighted by atomic mass is 9.92. The Morgan fingerprint density at radius 1 is 1.19 bits per heavy atom. The molecule has 148 valence electrons. The van der Waals surface area contributed by atoms with Crippen molar-refractivity contribution in [3.63, 3.8) is 0 Å². The Kier molecular flexibility index (Phi) is 5.83.